The van der Waals surface area contributed by atoms with Gasteiger partial charge >= 0.3 is 6.09 Å². The van der Waals surface area contributed by atoms with E-state index in [0.29, 0.717) is 11.6 Å². The van der Waals surface area contributed by atoms with E-state index >= 15 is 0 Å². The Morgan fingerprint density at radius 2 is 1.82 bits per heavy atom. The van der Waals surface area contributed by atoms with Gasteiger partial charge in [0.25, 0.3) is 0 Å². The number of amides is 1. The monoisotopic (exact) mass is 295 g/mol. The summed E-state index contributed by atoms with van der Waals surface area (Å²) in [6, 6.07) is 15.0. The predicted octanol–water partition coefficient (Wildman–Crippen LogP) is 2.00. The maximum Gasteiger partial charge on any atom is 0.409 e. The first-order valence-electron chi connectivity index (χ1n) is 6.54. The highest BCUT2D eigenvalue weighted by molar-refractivity contribution is 5.72. The fourth-order valence-corrected chi connectivity index (χ4v) is 2.14. The summed E-state index contributed by atoms with van der Waals surface area (Å²) in [6.45, 7) is 0. The maximum atomic E-state index is 10.7. The van der Waals surface area contributed by atoms with Crippen LogP contribution < -0.4 is 10.5 Å². The van der Waals surface area contributed by atoms with E-state index in [1.807, 2.05) is 36.4 Å². The molecule has 0 radical (unpaired) electrons. The topological polar surface area (TPSA) is 95.9 Å². The van der Waals surface area contributed by atoms with Crippen molar-refractivity contribution in [2.24, 2.45) is 12.8 Å². The lowest BCUT2D eigenvalue weighted by atomic mass is 10.0. The lowest BCUT2D eigenvalue weighted by molar-refractivity contribution is 0.211. The maximum absolute atomic E-state index is 10.7. The average molecular weight is 295 g/mol. The summed E-state index contributed by atoms with van der Waals surface area (Å²) >= 11 is 0. The molecule has 110 valence electrons. The highest BCUT2D eigenvalue weighted by atomic mass is 16.5. The van der Waals surface area contributed by atoms with E-state index in [0.717, 1.165) is 16.7 Å². The molecule has 0 bridgehead atoms. The van der Waals surface area contributed by atoms with Crippen LogP contribution in [0.5, 0.6) is 5.75 Å². The molecule has 0 spiro atoms. The lowest BCUT2D eigenvalue weighted by Gasteiger charge is -2.06. The fourth-order valence-electron chi connectivity index (χ4n) is 2.14. The zero-order valence-corrected chi connectivity index (χ0v) is 11.8. The average Bonchev–Trinajstić information content (AvgIpc) is 2.94. The van der Waals surface area contributed by atoms with E-state index < -0.39 is 6.09 Å². The summed E-state index contributed by atoms with van der Waals surface area (Å²) in [4.78, 5) is 10.7. The van der Waals surface area contributed by atoms with Gasteiger partial charge in [0.1, 0.15) is 5.75 Å². The molecule has 1 aromatic heterocycles. The van der Waals surface area contributed by atoms with Gasteiger partial charge in [-0.25, -0.2) is 9.48 Å². The van der Waals surface area contributed by atoms with Crippen molar-refractivity contribution in [1.82, 2.24) is 20.2 Å². The number of carbonyl (C=O) groups is 1. The minimum Gasteiger partial charge on any atom is -0.411 e. The minimum atomic E-state index is -0.829. The number of nitrogens with zero attached hydrogens (tertiary/aromatic N) is 4. The molecular weight excluding hydrogens is 282 g/mol. The quantitative estimate of drug-likeness (QED) is 0.797. The molecule has 0 atom stereocenters. The molecular formula is C15H13N5O2. The van der Waals surface area contributed by atoms with Crippen LogP contribution in [0.1, 0.15) is 0 Å². The SMILES string of the molecule is Cn1nnnc1-c1cccc(-c2ccc(OC(N)=O)cc2)c1. The first kappa shape index (κ1) is 13.7. The molecule has 22 heavy (non-hydrogen) atoms. The van der Waals surface area contributed by atoms with Crippen LogP contribution in [0.2, 0.25) is 0 Å². The standard InChI is InChI=1S/C15H13N5O2/c1-20-14(17-18-19-20)12-4-2-3-11(9-12)10-5-7-13(8-6-10)22-15(16)21/h2-9H,1H3,(H2,16,21). The number of ether oxygens (including phenoxy) is 1. The molecule has 3 aromatic rings. The molecule has 0 aliphatic rings. The first-order valence-corrected chi connectivity index (χ1v) is 6.54. The van der Waals surface area contributed by atoms with Crippen LogP contribution in [0.25, 0.3) is 22.5 Å². The Morgan fingerprint density at radius 3 is 2.45 bits per heavy atom. The van der Waals surface area contributed by atoms with Crippen molar-refractivity contribution in [3.8, 4) is 28.3 Å². The Kier molecular flexibility index (Phi) is 3.53. The van der Waals surface area contributed by atoms with Crippen LogP contribution in [0.15, 0.2) is 48.5 Å². The molecule has 1 heterocycles. The molecule has 0 aliphatic heterocycles. The number of nitrogens with two attached hydrogens (primary N) is 1. The molecule has 0 unspecified atom stereocenters. The van der Waals surface area contributed by atoms with E-state index in [-0.39, 0.29) is 0 Å². The zero-order chi connectivity index (χ0) is 15.5. The summed E-state index contributed by atoms with van der Waals surface area (Å²) in [5.41, 5.74) is 7.88. The fraction of sp³-hybridized carbons (Fsp3) is 0.0667. The van der Waals surface area contributed by atoms with Crippen molar-refractivity contribution in [2.75, 3.05) is 0 Å². The van der Waals surface area contributed by atoms with Crippen LogP contribution in [0.4, 0.5) is 4.79 Å². The predicted molar refractivity (Wildman–Crippen MR) is 79.9 cm³/mol. The molecule has 2 aromatic carbocycles. The van der Waals surface area contributed by atoms with E-state index in [2.05, 4.69) is 15.5 Å². The van der Waals surface area contributed by atoms with Gasteiger partial charge in [-0.2, -0.15) is 0 Å². The summed E-state index contributed by atoms with van der Waals surface area (Å²) in [6.07, 6.45) is -0.829. The molecule has 2 N–H and O–H groups in total. The summed E-state index contributed by atoms with van der Waals surface area (Å²) in [5, 5.41) is 11.5. The van der Waals surface area contributed by atoms with Crippen LogP contribution in [-0.4, -0.2) is 26.3 Å². The molecule has 7 nitrogen and oxygen atoms in total. The molecule has 7 heteroatoms. The van der Waals surface area contributed by atoms with Crippen molar-refractivity contribution in [2.45, 2.75) is 0 Å². The van der Waals surface area contributed by atoms with Crippen LogP contribution in [0, 0.1) is 0 Å². The second-order valence-corrected chi connectivity index (χ2v) is 4.65. The van der Waals surface area contributed by atoms with Gasteiger partial charge in [-0.1, -0.05) is 30.3 Å². The number of carbonyl (C=O) groups excluding carboxylic acids is 1. The zero-order valence-electron chi connectivity index (χ0n) is 11.8. The molecule has 0 saturated carbocycles. The van der Waals surface area contributed by atoms with Crippen molar-refractivity contribution >= 4 is 6.09 Å². The third-order valence-electron chi connectivity index (χ3n) is 3.15. The van der Waals surface area contributed by atoms with Crippen molar-refractivity contribution < 1.29 is 9.53 Å². The van der Waals surface area contributed by atoms with Gasteiger partial charge in [-0.05, 0) is 39.8 Å². The molecule has 3 rings (SSSR count). The number of rotatable bonds is 3. The number of aromatic nitrogens is 4. The first-order chi connectivity index (χ1) is 10.6. The highest BCUT2D eigenvalue weighted by Gasteiger charge is 2.07. The Bertz CT molecular complexity index is 811. The van der Waals surface area contributed by atoms with Gasteiger partial charge in [-0.15, -0.1) is 5.10 Å². The molecule has 1 amide bonds. The Morgan fingerprint density at radius 1 is 1.09 bits per heavy atom. The number of tetrazole rings is 1. The van der Waals surface area contributed by atoms with E-state index in [1.165, 1.54) is 0 Å². The highest BCUT2D eigenvalue weighted by Crippen LogP contribution is 2.26. The number of aryl methyl sites for hydroxylation is 1. The number of hydrogen-bond acceptors (Lipinski definition) is 5. The number of primary amides is 1. The van der Waals surface area contributed by atoms with Gasteiger partial charge in [0.15, 0.2) is 5.82 Å². The van der Waals surface area contributed by atoms with Gasteiger partial charge in [0.05, 0.1) is 0 Å². The Balaban J connectivity index is 1.92. The summed E-state index contributed by atoms with van der Waals surface area (Å²) in [5.74, 6) is 1.10. The van der Waals surface area contributed by atoms with E-state index in [1.54, 1.807) is 23.9 Å². The van der Waals surface area contributed by atoms with Crippen molar-refractivity contribution in [3.05, 3.63) is 48.5 Å². The smallest absolute Gasteiger partial charge is 0.409 e. The van der Waals surface area contributed by atoms with Crippen molar-refractivity contribution in [1.29, 1.82) is 0 Å². The third kappa shape index (κ3) is 2.78. The largest absolute Gasteiger partial charge is 0.411 e. The van der Waals surface area contributed by atoms with Gasteiger partial charge in [0, 0.05) is 12.6 Å². The normalized spacial score (nSPS) is 10.4. The molecule has 0 saturated heterocycles. The molecule has 0 fully saturated rings. The van der Waals surface area contributed by atoms with Gasteiger partial charge in [-0.3, -0.25) is 0 Å². The van der Waals surface area contributed by atoms with Crippen LogP contribution in [0.3, 0.4) is 0 Å². The third-order valence-corrected chi connectivity index (χ3v) is 3.15. The van der Waals surface area contributed by atoms with Gasteiger partial charge < -0.3 is 10.5 Å². The lowest BCUT2D eigenvalue weighted by Crippen LogP contribution is -2.16. The van der Waals surface area contributed by atoms with E-state index in [4.69, 9.17) is 10.5 Å². The van der Waals surface area contributed by atoms with Crippen molar-refractivity contribution in [3.63, 3.8) is 0 Å². The second-order valence-electron chi connectivity index (χ2n) is 4.65. The summed E-state index contributed by atoms with van der Waals surface area (Å²) < 4.78 is 6.43. The summed E-state index contributed by atoms with van der Waals surface area (Å²) in [7, 11) is 1.79. The van der Waals surface area contributed by atoms with E-state index in [9.17, 15) is 4.79 Å². The Hall–Kier alpha value is -3.22. The van der Waals surface area contributed by atoms with Crippen LogP contribution >= 0.6 is 0 Å². The molecule has 0 aliphatic carbocycles. The number of benzene rings is 2. The number of hydrogen-bond donors (Lipinski definition) is 1. The second kappa shape index (κ2) is 5.65. The van der Waals surface area contributed by atoms with Crippen LogP contribution in [-0.2, 0) is 7.05 Å². The minimum absolute atomic E-state index is 0.407. The Labute approximate surface area is 126 Å². The van der Waals surface area contributed by atoms with Gasteiger partial charge in [0.2, 0.25) is 0 Å².